The van der Waals surface area contributed by atoms with Gasteiger partial charge in [0.25, 0.3) is 0 Å². The molecule has 0 spiro atoms. The average Bonchev–Trinajstić information content (AvgIpc) is 3.11. The van der Waals surface area contributed by atoms with E-state index in [9.17, 15) is 0 Å². The van der Waals surface area contributed by atoms with Crippen LogP contribution in [0.1, 0.15) is 143 Å². The van der Waals surface area contributed by atoms with Crippen LogP contribution in [0.15, 0.2) is 12.4 Å². The molecule has 1 atom stereocenters. The van der Waals surface area contributed by atoms with Gasteiger partial charge in [-0.25, -0.2) is 0 Å². The van der Waals surface area contributed by atoms with E-state index in [0.29, 0.717) is 6.17 Å². The number of rotatable bonds is 21. The van der Waals surface area contributed by atoms with Gasteiger partial charge in [-0.2, -0.15) is 0 Å². The molecule has 172 valence electrons. The summed E-state index contributed by atoms with van der Waals surface area (Å²) in [6.07, 6.45) is 32.1. The van der Waals surface area contributed by atoms with Crippen LogP contribution in [0.25, 0.3) is 0 Å². The Balaban J connectivity index is 2.25. The second-order valence-corrected chi connectivity index (χ2v) is 9.35. The van der Waals surface area contributed by atoms with Crippen LogP contribution in [-0.2, 0) is 0 Å². The minimum absolute atomic E-state index is 0.645. The summed E-state index contributed by atoms with van der Waals surface area (Å²) in [4.78, 5) is 5.32. The molecule has 0 aromatic carbocycles. The van der Waals surface area contributed by atoms with Crippen LogP contribution in [0.4, 0.5) is 0 Å². The SMILES string of the molecule is CCCCCCCCCCC1N(CCCCC)C=CN1CCCCCCCCC. The highest BCUT2D eigenvalue weighted by Crippen LogP contribution is 2.23. The van der Waals surface area contributed by atoms with Crippen molar-refractivity contribution in [1.82, 2.24) is 9.80 Å². The van der Waals surface area contributed by atoms with Crippen molar-refractivity contribution in [2.45, 2.75) is 149 Å². The van der Waals surface area contributed by atoms with E-state index in [0.717, 1.165) is 0 Å². The first-order valence-electron chi connectivity index (χ1n) is 13.5. The van der Waals surface area contributed by atoms with Crippen molar-refractivity contribution < 1.29 is 0 Å². The summed E-state index contributed by atoms with van der Waals surface area (Å²) in [5.74, 6) is 0. The van der Waals surface area contributed by atoms with E-state index in [1.165, 1.54) is 135 Å². The van der Waals surface area contributed by atoms with E-state index in [1.807, 2.05) is 0 Å². The lowest BCUT2D eigenvalue weighted by Crippen LogP contribution is -2.39. The van der Waals surface area contributed by atoms with Gasteiger partial charge < -0.3 is 9.80 Å². The molecule has 0 saturated heterocycles. The average molecular weight is 407 g/mol. The standard InChI is InChI=1S/C27H54N2/c1-4-7-10-12-14-15-17-19-22-27-28(23-20-9-6-3)25-26-29(27)24-21-18-16-13-11-8-5-2/h25-27H,4-24H2,1-3H3. The van der Waals surface area contributed by atoms with E-state index in [4.69, 9.17) is 0 Å². The van der Waals surface area contributed by atoms with Crippen LogP contribution < -0.4 is 0 Å². The number of hydrogen-bond acceptors (Lipinski definition) is 2. The molecule has 0 amide bonds. The first kappa shape index (κ1) is 26.4. The molecule has 2 nitrogen and oxygen atoms in total. The Bertz CT molecular complexity index is 366. The third kappa shape index (κ3) is 13.3. The van der Waals surface area contributed by atoms with E-state index >= 15 is 0 Å². The fraction of sp³-hybridized carbons (Fsp3) is 0.926. The summed E-state index contributed by atoms with van der Waals surface area (Å²) in [5.41, 5.74) is 0. The van der Waals surface area contributed by atoms with Gasteiger partial charge in [-0.15, -0.1) is 0 Å². The van der Waals surface area contributed by atoms with Gasteiger partial charge in [0.1, 0.15) is 6.17 Å². The molecule has 0 aromatic heterocycles. The maximum Gasteiger partial charge on any atom is 0.101 e. The van der Waals surface area contributed by atoms with Crippen LogP contribution in [-0.4, -0.2) is 29.1 Å². The van der Waals surface area contributed by atoms with Crippen molar-refractivity contribution in [1.29, 1.82) is 0 Å². The molecule has 0 aliphatic carbocycles. The normalized spacial score (nSPS) is 16.3. The van der Waals surface area contributed by atoms with Gasteiger partial charge in [0, 0.05) is 25.5 Å². The summed E-state index contributed by atoms with van der Waals surface area (Å²) in [6, 6.07) is 0. The van der Waals surface area contributed by atoms with Crippen molar-refractivity contribution in [3.8, 4) is 0 Å². The molecule has 29 heavy (non-hydrogen) atoms. The third-order valence-electron chi connectivity index (χ3n) is 6.57. The molecule has 1 aliphatic heterocycles. The maximum atomic E-state index is 2.67. The van der Waals surface area contributed by atoms with E-state index in [-0.39, 0.29) is 0 Å². The van der Waals surface area contributed by atoms with Crippen molar-refractivity contribution in [2.24, 2.45) is 0 Å². The molecule has 0 fully saturated rings. The first-order valence-corrected chi connectivity index (χ1v) is 13.5. The zero-order chi connectivity index (χ0) is 21.0. The first-order chi connectivity index (χ1) is 14.3. The fourth-order valence-electron chi connectivity index (χ4n) is 4.60. The van der Waals surface area contributed by atoms with Gasteiger partial charge >= 0.3 is 0 Å². The summed E-state index contributed by atoms with van der Waals surface area (Å²) in [5, 5.41) is 0. The van der Waals surface area contributed by atoms with E-state index in [1.54, 1.807) is 0 Å². The second-order valence-electron chi connectivity index (χ2n) is 9.35. The van der Waals surface area contributed by atoms with Crippen LogP contribution in [0, 0.1) is 0 Å². The van der Waals surface area contributed by atoms with Crippen LogP contribution in [0.5, 0.6) is 0 Å². The monoisotopic (exact) mass is 406 g/mol. The zero-order valence-corrected chi connectivity index (χ0v) is 20.5. The van der Waals surface area contributed by atoms with Crippen LogP contribution in [0.3, 0.4) is 0 Å². The fourth-order valence-corrected chi connectivity index (χ4v) is 4.60. The van der Waals surface area contributed by atoms with Crippen molar-refractivity contribution in [3.05, 3.63) is 12.4 Å². The topological polar surface area (TPSA) is 6.48 Å². The molecule has 0 aromatic rings. The number of hydrogen-bond donors (Lipinski definition) is 0. The smallest absolute Gasteiger partial charge is 0.101 e. The van der Waals surface area contributed by atoms with E-state index in [2.05, 4.69) is 43.0 Å². The highest BCUT2D eigenvalue weighted by Gasteiger charge is 2.24. The quantitative estimate of drug-likeness (QED) is 0.176. The summed E-state index contributed by atoms with van der Waals surface area (Å²) >= 11 is 0. The maximum absolute atomic E-state index is 2.67. The lowest BCUT2D eigenvalue weighted by Gasteiger charge is -2.33. The Morgan fingerprint density at radius 3 is 1.28 bits per heavy atom. The Labute approximate surface area is 184 Å². The molecule has 0 saturated carbocycles. The summed E-state index contributed by atoms with van der Waals surface area (Å²) in [7, 11) is 0. The minimum Gasteiger partial charge on any atom is -0.356 e. The van der Waals surface area contributed by atoms with Gasteiger partial charge in [0.05, 0.1) is 0 Å². The van der Waals surface area contributed by atoms with Gasteiger partial charge in [0.2, 0.25) is 0 Å². The molecular weight excluding hydrogens is 352 g/mol. The number of nitrogens with zero attached hydrogens (tertiary/aromatic N) is 2. The molecule has 1 heterocycles. The Hall–Kier alpha value is -0.660. The van der Waals surface area contributed by atoms with Gasteiger partial charge in [0.15, 0.2) is 0 Å². The zero-order valence-electron chi connectivity index (χ0n) is 20.5. The third-order valence-corrected chi connectivity index (χ3v) is 6.57. The highest BCUT2D eigenvalue weighted by atomic mass is 15.4. The molecular formula is C27H54N2. The predicted molar refractivity (Wildman–Crippen MR) is 131 cm³/mol. The molecule has 2 heteroatoms. The molecule has 0 N–H and O–H groups in total. The lowest BCUT2D eigenvalue weighted by atomic mass is 10.1. The molecule has 0 bridgehead atoms. The minimum atomic E-state index is 0.645. The largest absolute Gasteiger partial charge is 0.356 e. The lowest BCUT2D eigenvalue weighted by molar-refractivity contribution is 0.135. The van der Waals surface area contributed by atoms with Crippen LogP contribution in [0.2, 0.25) is 0 Å². The Morgan fingerprint density at radius 1 is 0.448 bits per heavy atom. The highest BCUT2D eigenvalue weighted by molar-refractivity contribution is 4.96. The second kappa shape index (κ2) is 19.3. The molecule has 1 aliphatic rings. The molecule has 1 rings (SSSR count). The Morgan fingerprint density at radius 2 is 0.793 bits per heavy atom. The van der Waals surface area contributed by atoms with Crippen LogP contribution >= 0.6 is 0 Å². The van der Waals surface area contributed by atoms with Crippen molar-refractivity contribution in [2.75, 3.05) is 13.1 Å². The molecule has 1 unspecified atom stereocenters. The van der Waals surface area contributed by atoms with Crippen molar-refractivity contribution >= 4 is 0 Å². The Kier molecular flexibility index (Phi) is 17.6. The van der Waals surface area contributed by atoms with Gasteiger partial charge in [-0.3, -0.25) is 0 Å². The van der Waals surface area contributed by atoms with E-state index < -0.39 is 0 Å². The van der Waals surface area contributed by atoms with Gasteiger partial charge in [-0.1, -0.05) is 117 Å². The summed E-state index contributed by atoms with van der Waals surface area (Å²) in [6.45, 7) is 9.43. The summed E-state index contributed by atoms with van der Waals surface area (Å²) < 4.78 is 0. The molecule has 0 radical (unpaired) electrons. The number of unbranched alkanes of at least 4 members (excludes halogenated alkanes) is 15. The van der Waals surface area contributed by atoms with Crippen molar-refractivity contribution in [3.63, 3.8) is 0 Å². The van der Waals surface area contributed by atoms with Gasteiger partial charge in [-0.05, 0) is 25.7 Å². The predicted octanol–water partition coefficient (Wildman–Crippen LogP) is 8.87.